The fourth-order valence-corrected chi connectivity index (χ4v) is 3.16. The largest absolute Gasteiger partial charge is 0.350 e. The van der Waals surface area contributed by atoms with Crippen molar-refractivity contribution in [1.82, 2.24) is 9.97 Å². The number of hydrogen-bond acceptors (Lipinski definition) is 4. The topological polar surface area (TPSA) is 41.1 Å². The molecule has 0 aliphatic carbocycles. The third-order valence-corrected chi connectivity index (χ3v) is 4.40. The van der Waals surface area contributed by atoms with Crippen LogP contribution in [0.25, 0.3) is 0 Å². The lowest BCUT2D eigenvalue weighted by atomic mass is 10.2. The van der Waals surface area contributed by atoms with Gasteiger partial charge in [-0.1, -0.05) is 36.4 Å². The van der Waals surface area contributed by atoms with E-state index in [0.29, 0.717) is 18.1 Å². The van der Waals surface area contributed by atoms with Crippen LogP contribution in [-0.2, 0) is 13.0 Å². The van der Waals surface area contributed by atoms with Gasteiger partial charge in [-0.25, -0.2) is 9.37 Å². The Morgan fingerprint density at radius 2 is 1.88 bits per heavy atom. The molecule has 0 bridgehead atoms. The van der Waals surface area contributed by atoms with E-state index in [0.717, 1.165) is 24.5 Å². The summed E-state index contributed by atoms with van der Waals surface area (Å²) >= 11 is 0. The van der Waals surface area contributed by atoms with Gasteiger partial charge in [-0.05, 0) is 31.0 Å². The van der Waals surface area contributed by atoms with E-state index in [1.54, 1.807) is 12.1 Å². The number of benzene rings is 2. The predicted molar refractivity (Wildman–Crippen MR) is 97.6 cm³/mol. The Morgan fingerprint density at radius 1 is 1.08 bits per heavy atom. The Kier molecular flexibility index (Phi) is 4.06. The molecular weight excluding hydrogens is 315 g/mol. The van der Waals surface area contributed by atoms with Crippen molar-refractivity contribution >= 4 is 17.5 Å². The molecule has 2 aromatic carbocycles. The molecule has 0 atom stereocenters. The van der Waals surface area contributed by atoms with E-state index in [1.807, 2.05) is 25.1 Å². The molecule has 1 N–H and O–H groups in total. The minimum atomic E-state index is -0.226. The normalized spacial score (nSPS) is 13.0. The summed E-state index contributed by atoms with van der Waals surface area (Å²) in [5, 5.41) is 3.14. The summed E-state index contributed by atoms with van der Waals surface area (Å²) in [5.74, 6) is 1.16. The van der Waals surface area contributed by atoms with Crippen LogP contribution in [0.3, 0.4) is 0 Å². The highest BCUT2D eigenvalue weighted by atomic mass is 19.1. The van der Waals surface area contributed by atoms with Crippen LogP contribution in [0.5, 0.6) is 0 Å². The Labute approximate surface area is 146 Å². The molecule has 0 radical (unpaired) electrons. The number of fused-ring (bicyclic) bond motifs is 1. The van der Waals surface area contributed by atoms with Crippen molar-refractivity contribution in [2.75, 3.05) is 16.8 Å². The monoisotopic (exact) mass is 334 g/mol. The standard InChI is InChI=1S/C20H19FN4/c1-14-12-19(25-11-10-15-6-3-5-9-18(15)25)24-20(23-14)22-13-16-7-2-4-8-17(16)21/h2-9,12H,10-11,13H2,1H3,(H,22,23,24). The van der Waals surface area contributed by atoms with Crippen LogP contribution < -0.4 is 10.2 Å². The van der Waals surface area contributed by atoms with Crippen molar-refractivity contribution in [1.29, 1.82) is 0 Å². The molecule has 4 rings (SSSR count). The molecule has 0 fully saturated rings. The third-order valence-electron chi connectivity index (χ3n) is 4.40. The highest BCUT2D eigenvalue weighted by Gasteiger charge is 2.21. The molecule has 0 spiro atoms. The molecule has 3 aromatic rings. The van der Waals surface area contributed by atoms with Crippen molar-refractivity contribution in [3.63, 3.8) is 0 Å². The SMILES string of the molecule is Cc1cc(N2CCc3ccccc32)nc(NCc2ccccc2F)n1. The number of rotatable bonds is 4. The highest BCUT2D eigenvalue weighted by molar-refractivity contribution is 5.68. The first kappa shape index (κ1) is 15.6. The van der Waals surface area contributed by atoms with Crippen molar-refractivity contribution in [3.05, 3.63) is 77.2 Å². The Balaban J connectivity index is 1.58. The van der Waals surface area contributed by atoms with Crippen LogP contribution in [-0.4, -0.2) is 16.5 Å². The minimum absolute atomic E-state index is 0.226. The van der Waals surface area contributed by atoms with Gasteiger partial charge in [-0.15, -0.1) is 0 Å². The lowest BCUT2D eigenvalue weighted by molar-refractivity contribution is 0.612. The summed E-state index contributed by atoms with van der Waals surface area (Å²) in [6, 6.07) is 17.1. The first-order valence-electron chi connectivity index (χ1n) is 8.39. The number of nitrogens with one attached hydrogen (secondary N) is 1. The molecule has 126 valence electrons. The highest BCUT2D eigenvalue weighted by Crippen LogP contribution is 2.33. The van der Waals surface area contributed by atoms with E-state index in [4.69, 9.17) is 0 Å². The average Bonchev–Trinajstić information content (AvgIpc) is 3.05. The zero-order valence-corrected chi connectivity index (χ0v) is 14.0. The van der Waals surface area contributed by atoms with Gasteiger partial charge in [-0.3, -0.25) is 0 Å². The van der Waals surface area contributed by atoms with Gasteiger partial charge in [0.1, 0.15) is 11.6 Å². The number of aromatic nitrogens is 2. The maximum absolute atomic E-state index is 13.8. The summed E-state index contributed by atoms with van der Waals surface area (Å²) in [4.78, 5) is 11.3. The van der Waals surface area contributed by atoms with Crippen molar-refractivity contribution in [2.24, 2.45) is 0 Å². The maximum Gasteiger partial charge on any atom is 0.225 e. The Morgan fingerprint density at radius 3 is 2.76 bits per heavy atom. The first-order chi connectivity index (χ1) is 12.2. The molecule has 0 amide bonds. The smallest absolute Gasteiger partial charge is 0.225 e. The fourth-order valence-electron chi connectivity index (χ4n) is 3.16. The molecule has 2 heterocycles. The lowest BCUT2D eigenvalue weighted by Gasteiger charge is -2.19. The number of para-hydroxylation sites is 1. The molecule has 0 saturated carbocycles. The maximum atomic E-state index is 13.8. The second-order valence-electron chi connectivity index (χ2n) is 6.17. The van der Waals surface area contributed by atoms with E-state index < -0.39 is 0 Å². The fraction of sp³-hybridized carbons (Fsp3) is 0.200. The molecule has 1 aliphatic heterocycles. The van der Waals surface area contributed by atoms with Gasteiger partial charge in [-0.2, -0.15) is 4.98 Å². The summed E-state index contributed by atoms with van der Waals surface area (Å²) in [6.45, 7) is 3.20. The lowest BCUT2D eigenvalue weighted by Crippen LogP contribution is -2.16. The van der Waals surface area contributed by atoms with E-state index in [-0.39, 0.29) is 5.82 Å². The Bertz CT molecular complexity index is 910. The number of halogens is 1. The van der Waals surface area contributed by atoms with Crippen LogP contribution in [0.2, 0.25) is 0 Å². The van der Waals surface area contributed by atoms with Crippen LogP contribution in [0.1, 0.15) is 16.8 Å². The van der Waals surface area contributed by atoms with Crippen LogP contribution in [0.4, 0.5) is 21.8 Å². The third kappa shape index (κ3) is 3.18. The summed E-state index contributed by atoms with van der Waals surface area (Å²) in [5.41, 5.74) is 4.01. The van der Waals surface area contributed by atoms with E-state index >= 15 is 0 Å². The molecular formula is C20H19FN4. The first-order valence-corrected chi connectivity index (χ1v) is 8.39. The predicted octanol–water partition coefficient (Wildman–Crippen LogP) is 4.23. The second kappa shape index (κ2) is 6.51. The van der Waals surface area contributed by atoms with Gasteiger partial charge < -0.3 is 10.2 Å². The summed E-state index contributed by atoms with van der Waals surface area (Å²) in [6.07, 6.45) is 1.01. The molecule has 4 nitrogen and oxygen atoms in total. The van der Waals surface area contributed by atoms with Gasteiger partial charge in [0.15, 0.2) is 0 Å². The number of aryl methyl sites for hydroxylation is 1. The van der Waals surface area contributed by atoms with E-state index in [9.17, 15) is 4.39 Å². The van der Waals surface area contributed by atoms with Crippen molar-refractivity contribution in [3.8, 4) is 0 Å². The molecule has 0 saturated heterocycles. The minimum Gasteiger partial charge on any atom is -0.350 e. The van der Waals surface area contributed by atoms with Gasteiger partial charge in [0.25, 0.3) is 0 Å². The van der Waals surface area contributed by atoms with Crippen LogP contribution >= 0.6 is 0 Å². The van der Waals surface area contributed by atoms with Gasteiger partial charge in [0.05, 0.1) is 0 Å². The van der Waals surface area contributed by atoms with Crippen LogP contribution in [0.15, 0.2) is 54.6 Å². The molecule has 1 aliphatic rings. The van der Waals surface area contributed by atoms with Gasteiger partial charge in [0.2, 0.25) is 5.95 Å². The quantitative estimate of drug-likeness (QED) is 0.775. The Hall–Kier alpha value is -2.95. The van der Waals surface area contributed by atoms with Gasteiger partial charge in [0, 0.05) is 36.1 Å². The number of hydrogen-bond donors (Lipinski definition) is 1. The van der Waals surface area contributed by atoms with Crippen LogP contribution in [0, 0.1) is 12.7 Å². The molecule has 1 aromatic heterocycles. The van der Waals surface area contributed by atoms with Crippen molar-refractivity contribution in [2.45, 2.75) is 19.9 Å². The summed E-state index contributed by atoms with van der Waals surface area (Å²) < 4.78 is 13.8. The van der Waals surface area contributed by atoms with E-state index in [1.165, 1.54) is 17.3 Å². The number of nitrogens with zero attached hydrogens (tertiary/aromatic N) is 3. The summed E-state index contributed by atoms with van der Waals surface area (Å²) in [7, 11) is 0. The zero-order valence-electron chi connectivity index (χ0n) is 14.0. The van der Waals surface area contributed by atoms with Crippen molar-refractivity contribution < 1.29 is 4.39 Å². The zero-order chi connectivity index (χ0) is 17.2. The molecule has 0 unspecified atom stereocenters. The molecule has 5 heteroatoms. The average molecular weight is 334 g/mol. The van der Waals surface area contributed by atoms with Gasteiger partial charge >= 0.3 is 0 Å². The van der Waals surface area contributed by atoms with E-state index in [2.05, 4.69) is 38.4 Å². The number of anilines is 3. The molecule has 25 heavy (non-hydrogen) atoms. The second-order valence-corrected chi connectivity index (χ2v) is 6.17.